The Bertz CT molecular complexity index is 402. The standard InChI is InChI=1S/C13H18F2N2/c1-17(9-13(8-16)4-5-13)7-10-2-3-11(14)6-12(10)15/h2-3,6H,4-5,7-9,16H2,1H3. The molecule has 0 unspecified atom stereocenters. The molecular weight excluding hydrogens is 222 g/mol. The van der Waals surface area contributed by atoms with Crippen molar-refractivity contribution < 1.29 is 8.78 Å². The molecule has 1 aliphatic rings. The lowest BCUT2D eigenvalue weighted by Gasteiger charge is -2.22. The Morgan fingerprint density at radius 2 is 2.06 bits per heavy atom. The van der Waals surface area contributed by atoms with Crippen LogP contribution in [0.2, 0.25) is 0 Å². The third-order valence-corrected chi connectivity index (χ3v) is 3.45. The lowest BCUT2D eigenvalue weighted by atomic mass is 10.1. The molecule has 0 heterocycles. The summed E-state index contributed by atoms with van der Waals surface area (Å²) in [7, 11) is 1.94. The van der Waals surface area contributed by atoms with Gasteiger partial charge in [-0.1, -0.05) is 6.07 Å². The number of nitrogens with two attached hydrogens (primary N) is 1. The molecule has 0 amide bonds. The fourth-order valence-corrected chi connectivity index (χ4v) is 2.17. The highest BCUT2D eigenvalue weighted by Gasteiger charge is 2.41. The van der Waals surface area contributed by atoms with Crippen LogP contribution >= 0.6 is 0 Å². The predicted molar refractivity (Wildman–Crippen MR) is 63.4 cm³/mol. The molecular formula is C13H18F2N2. The highest BCUT2D eigenvalue weighted by Crippen LogP contribution is 2.45. The number of hydrogen-bond donors (Lipinski definition) is 1. The van der Waals surface area contributed by atoms with Crippen LogP contribution in [-0.4, -0.2) is 25.0 Å². The summed E-state index contributed by atoms with van der Waals surface area (Å²) in [6.07, 6.45) is 2.31. The quantitative estimate of drug-likeness (QED) is 0.854. The van der Waals surface area contributed by atoms with Crippen LogP contribution < -0.4 is 5.73 Å². The van der Waals surface area contributed by atoms with Gasteiger partial charge < -0.3 is 10.6 Å². The van der Waals surface area contributed by atoms with Crippen molar-refractivity contribution in [3.8, 4) is 0 Å². The minimum absolute atomic E-state index is 0.241. The van der Waals surface area contributed by atoms with Gasteiger partial charge in [0.05, 0.1) is 0 Å². The Kier molecular flexibility index (Phi) is 3.45. The summed E-state index contributed by atoms with van der Waals surface area (Å²) in [6.45, 7) is 2.05. The highest BCUT2D eigenvalue weighted by molar-refractivity contribution is 5.18. The van der Waals surface area contributed by atoms with Crippen molar-refractivity contribution in [1.29, 1.82) is 0 Å². The molecule has 0 bridgehead atoms. The molecule has 2 N–H and O–H groups in total. The average molecular weight is 240 g/mol. The van der Waals surface area contributed by atoms with E-state index >= 15 is 0 Å². The monoisotopic (exact) mass is 240 g/mol. The van der Waals surface area contributed by atoms with Gasteiger partial charge in [-0.2, -0.15) is 0 Å². The molecule has 1 aliphatic carbocycles. The van der Waals surface area contributed by atoms with Crippen molar-refractivity contribution in [3.05, 3.63) is 35.4 Å². The van der Waals surface area contributed by atoms with Crippen LogP contribution in [0.5, 0.6) is 0 Å². The highest BCUT2D eigenvalue weighted by atomic mass is 19.1. The van der Waals surface area contributed by atoms with Crippen LogP contribution in [-0.2, 0) is 6.54 Å². The maximum Gasteiger partial charge on any atom is 0.130 e. The summed E-state index contributed by atoms with van der Waals surface area (Å²) in [5.74, 6) is -1.01. The van der Waals surface area contributed by atoms with Crippen LogP contribution in [0.3, 0.4) is 0 Å². The lowest BCUT2D eigenvalue weighted by Crippen LogP contribution is -2.31. The molecule has 17 heavy (non-hydrogen) atoms. The third-order valence-electron chi connectivity index (χ3n) is 3.45. The topological polar surface area (TPSA) is 29.3 Å². The number of halogens is 2. The first-order valence-corrected chi connectivity index (χ1v) is 5.87. The zero-order chi connectivity index (χ0) is 12.5. The van der Waals surface area contributed by atoms with Gasteiger partial charge >= 0.3 is 0 Å². The van der Waals surface area contributed by atoms with Gasteiger partial charge in [0.2, 0.25) is 0 Å². The fourth-order valence-electron chi connectivity index (χ4n) is 2.17. The largest absolute Gasteiger partial charge is 0.330 e. The van der Waals surface area contributed by atoms with Gasteiger partial charge in [-0.05, 0) is 37.9 Å². The Morgan fingerprint density at radius 1 is 1.35 bits per heavy atom. The Morgan fingerprint density at radius 3 is 2.59 bits per heavy atom. The first-order valence-electron chi connectivity index (χ1n) is 5.87. The van der Waals surface area contributed by atoms with Crippen LogP contribution in [0.25, 0.3) is 0 Å². The lowest BCUT2D eigenvalue weighted by molar-refractivity contribution is 0.256. The average Bonchev–Trinajstić information content (AvgIpc) is 3.03. The minimum atomic E-state index is -0.533. The number of benzene rings is 1. The third kappa shape index (κ3) is 3.01. The number of nitrogens with zero attached hydrogens (tertiary/aromatic N) is 1. The molecule has 2 rings (SSSR count). The van der Waals surface area contributed by atoms with Gasteiger partial charge in [0.1, 0.15) is 11.6 Å². The van der Waals surface area contributed by atoms with Gasteiger partial charge in [0, 0.05) is 24.7 Å². The molecule has 4 heteroatoms. The molecule has 94 valence electrons. The van der Waals surface area contributed by atoms with Crippen molar-refractivity contribution in [3.63, 3.8) is 0 Å². The van der Waals surface area contributed by atoms with E-state index in [1.54, 1.807) is 0 Å². The van der Waals surface area contributed by atoms with Crippen molar-refractivity contribution in [1.82, 2.24) is 4.90 Å². The second kappa shape index (κ2) is 4.70. The van der Waals surface area contributed by atoms with E-state index in [-0.39, 0.29) is 5.41 Å². The van der Waals surface area contributed by atoms with Crippen molar-refractivity contribution in [2.45, 2.75) is 19.4 Å². The fraction of sp³-hybridized carbons (Fsp3) is 0.538. The molecule has 0 aromatic heterocycles. The van der Waals surface area contributed by atoms with Crippen molar-refractivity contribution in [2.24, 2.45) is 11.1 Å². The molecule has 1 fully saturated rings. The SMILES string of the molecule is CN(Cc1ccc(F)cc1F)CC1(CN)CC1. The maximum absolute atomic E-state index is 13.4. The van der Waals surface area contributed by atoms with Crippen LogP contribution in [0, 0.1) is 17.0 Å². The summed E-state index contributed by atoms with van der Waals surface area (Å²) in [6, 6.07) is 3.73. The van der Waals surface area contributed by atoms with Crippen LogP contribution in [0.1, 0.15) is 18.4 Å². The molecule has 0 saturated heterocycles. The first-order chi connectivity index (χ1) is 8.04. The molecule has 0 radical (unpaired) electrons. The molecule has 0 aliphatic heterocycles. The van der Waals surface area contributed by atoms with Crippen molar-refractivity contribution in [2.75, 3.05) is 20.1 Å². The van der Waals surface area contributed by atoms with Crippen molar-refractivity contribution >= 4 is 0 Å². The van der Waals surface area contributed by atoms with Crippen LogP contribution in [0.4, 0.5) is 8.78 Å². The summed E-state index contributed by atoms with van der Waals surface area (Å²) >= 11 is 0. The van der Waals surface area contributed by atoms with Gasteiger partial charge in [0.15, 0.2) is 0 Å². The van der Waals surface area contributed by atoms with E-state index in [0.717, 1.165) is 25.5 Å². The molecule has 1 saturated carbocycles. The summed E-state index contributed by atoms with van der Waals surface area (Å²) in [5, 5.41) is 0. The van der Waals surface area contributed by atoms with E-state index in [2.05, 4.69) is 4.90 Å². The summed E-state index contributed by atoms with van der Waals surface area (Å²) in [4.78, 5) is 2.05. The predicted octanol–water partition coefficient (Wildman–Crippen LogP) is 2.14. The van der Waals surface area contributed by atoms with E-state index < -0.39 is 11.6 Å². The zero-order valence-electron chi connectivity index (χ0n) is 10.0. The second-order valence-corrected chi connectivity index (χ2v) is 5.11. The molecule has 1 aromatic rings. The van der Waals surface area contributed by atoms with Crippen LogP contribution in [0.15, 0.2) is 18.2 Å². The number of rotatable bonds is 5. The Labute approximate surface area is 100 Å². The first kappa shape index (κ1) is 12.5. The van der Waals surface area contributed by atoms with E-state index in [0.29, 0.717) is 18.7 Å². The Hall–Kier alpha value is -1.00. The van der Waals surface area contributed by atoms with E-state index in [9.17, 15) is 8.78 Å². The molecule has 0 spiro atoms. The molecule has 2 nitrogen and oxygen atoms in total. The molecule has 1 aromatic carbocycles. The van der Waals surface area contributed by atoms with E-state index in [4.69, 9.17) is 5.73 Å². The van der Waals surface area contributed by atoms with Gasteiger partial charge in [-0.25, -0.2) is 8.78 Å². The second-order valence-electron chi connectivity index (χ2n) is 5.11. The Balaban J connectivity index is 1.96. The summed E-state index contributed by atoms with van der Waals surface area (Å²) in [5.41, 5.74) is 6.48. The van der Waals surface area contributed by atoms with E-state index in [1.807, 2.05) is 7.05 Å². The van der Waals surface area contributed by atoms with Gasteiger partial charge in [-0.15, -0.1) is 0 Å². The zero-order valence-corrected chi connectivity index (χ0v) is 10.0. The smallest absolute Gasteiger partial charge is 0.130 e. The number of hydrogen-bond acceptors (Lipinski definition) is 2. The normalized spacial score (nSPS) is 17.5. The molecule has 0 atom stereocenters. The maximum atomic E-state index is 13.4. The van der Waals surface area contributed by atoms with E-state index in [1.165, 1.54) is 12.1 Å². The minimum Gasteiger partial charge on any atom is -0.330 e. The van der Waals surface area contributed by atoms with Gasteiger partial charge in [0.25, 0.3) is 0 Å². The van der Waals surface area contributed by atoms with Gasteiger partial charge in [-0.3, -0.25) is 0 Å². The summed E-state index contributed by atoms with van der Waals surface area (Å²) < 4.78 is 26.2.